The average Bonchev–Trinajstić information content (AvgIpc) is 2.83. The fourth-order valence-corrected chi connectivity index (χ4v) is 9.70. The van der Waals surface area contributed by atoms with Crippen molar-refractivity contribution in [3.05, 3.63) is 95.1 Å². The van der Waals surface area contributed by atoms with Gasteiger partial charge >= 0.3 is 0 Å². The predicted molar refractivity (Wildman–Crippen MR) is 130 cm³/mol. The molecule has 0 atom stereocenters. The Morgan fingerprint density at radius 3 is 0.969 bits per heavy atom. The van der Waals surface area contributed by atoms with Crippen molar-refractivity contribution in [2.24, 2.45) is 0 Å². The normalized spacial score (nSPS) is 19.7. The van der Waals surface area contributed by atoms with Crippen LogP contribution in [0.4, 0.5) is 0 Å². The van der Waals surface area contributed by atoms with E-state index in [2.05, 4.69) is 24.3 Å². The molecule has 0 saturated carbocycles. The van der Waals surface area contributed by atoms with Crippen molar-refractivity contribution in [2.45, 2.75) is 51.4 Å². The fourth-order valence-electron chi connectivity index (χ4n) is 4.53. The third kappa shape index (κ3) is 2.81. The lowest BCUT2D eigenvalue weighted by Gasteiger charge is -2.30. The summed E-state index contributed by atoms with van der Waals surface area (Å²) in [6, 6.07) is 24.7. The molecule has 0 spiro atoms. The Morgan fingerprint density at radius 1 is 0.406 bits per heavy atom. The smallest absolute Gasteiger partial charge is 0.106 e. The molecule has 6 heteroatoms. The first-order chi connectivity index (χ1) is 15.7. The second kappa shape index (κ2) is 7.35. The van der Waals surface area contributed by atoms with Gasteiger partial charge in [-0.2, -0.15) is 0 Å². The van der Waals surface area contributed by atoms with Crippen LogP contribution in [0, 0.1) is 0 Å². The molecular weight excluding hydrogens is 473 g/mol. The first-order valence-corrected chi connectivity index (χ1v) is 13.5. The van der Waals surface area contributed by atoms with E-state index >= 15 is 0 Å². The van der Waals surface area contributed by atoms with Gasteiger partial charge in [0.1, 0.15) is 12.2 Å². The van der Waals surface area contributed by atoms with Crippen molar-refractivity contribution in [1.82, 2.24) is 0 Å². The number of benzene rings is 4. The van der Waals surface area contributed by atoms with E-state index in [1.807, 2.05) is 48.5 Å². The van der Waals surface area contributed by atoms with E-state index in [-0.39, 0.29) is 0 Å². The van der Waals surface area contributed by atoms with Crippen LogP contribution >= 0.6 is 47.0 Å². The zero-order valence-electron chi connectivity index (χ0n) is 16.6. The molecule has 7 rings (SSSR count). The van der Waals surface area contributed by atoms with Gasteiger partial charge in [0.25, 0.3) is 0 Å². The molecular formula is C26H16O2S4. The van der Waals surface area contributed by atoms with Crippen molar-refractivity contribution in [3.8, 4) is 0 Å². The van der Waals surface area contributed by atoms with Gasteiger partial charge in [-0.3, -0.25) is 0 Å². The number of hydrogen-bond donors (Lipinski definition) is 2. The van der Waals surface area contributed by atoms with Crippen molar-refractivity contribution >= 4 is 47.0 Å². The summed E-state index contributed by atoms with van der Waals surface area (Å²) in [7, 11) is 0. The lowest BCUT2D eigenvalue weighted by atomic mass is 10.0. The van der Waals surface area contributed by atoms with E-state index in [1.54, 1.807) is 47.0 Å². The van der Waals surface area contributed by atoms with Gasteiger partial charge in [0.05, 0.1) is 0 Å². The van der Waals surface area contributed by atoms with Gasteiger partial charge in [-0.1, -0.05) is 95.6 Å². The monoisotopic (exact) mass is 488 g/mol. The van der Waals surface area contributed by atoms with Crippen LogP contribution in [0.3, 0.4) is 0 Å². The van der Waals surface area contributed by atoms with Gasteiger partial charge in [0.2, 0.25) is 0 Å². The summed E-state index contributed by atoms with van der Waals surface area (Å²) in [4.78, 5) is 8.93. The summed E-state index contributed by atoms with van der Waals surface area (Å²) < 4.78 is 0. The molecule has 3 aliphatic rings. The average molecular weight is 489 g/mol. The van der Waals surface area contributed by atoms with Gasteiger partial charge in [-0.15, -0.1) is 0 Å². The minimum atomic E-state index is -0.715. The van der Waals surface area contributed by atoms with Crippen molar-refractivity contribution in [2.75, 3.05) is 0 Å². The van der Waals surface area contributed by atoms with Crippen LogP contribution in [0.1, 0.15) is 34.5 Å². The van der Waals surface area contributed by atoms with Crippen molar-refractivity contribution in [1.29, 1.82) is 0 Å². The molecule has 156 valence electrons. The molecule has 4 aromatic carbocycles. The Kier molecular flexibility index (Phi) is 4.51. The van der Waals surface area contributed by atoms with E-state index in [9.17, 15) is 10.2 Å². The highest BCUT2D eigenvalue weighted by Gasteiger charge is 2.32. The Labute approximate surface area is 202 Å². The maximum atomic E-state index is 11.6. The van der Waals surface area contributed by atoms with Crippen molar-refractivity contribution < 1.29 is 10.2 Å². The molecule has 0 amide bonds. The van der Waals surface area contributed by atoms with Gasteiger partial charge < -0.3 is 10.2 Å². The van der Waals surface area contributed by atoms with E-state index < -0.39 is 12.2 Å². The summed E-state index contributed by atoms with van der Waals surface area (Å²) in [6.07, 6.45) is -1.43. The zero-order chi connectivity index (χ0) is 21.4. The summed E-state index contributed by atoms with van der Waals surface area (Å²) in [5.41, 5.74) is 3.70. The van der Waals surface area contributed by atoms with Crippen LogP contribution in [0.25, 0.3) is 0 Å². The quantitative estimate of drug-likeness (QED) is 0.232. The second-order valence-electron chi connectivity index (χ2n) is 7.91. The Morgan fingerprint density at radius 2 is 0.688 bits per heavy atom. The maximum absolute atomic E-state index is 11.6. The summed E-state index contributed by atoms with van der Waals surface area (Å²) in [5.74, 6) is 0. The fraction of sp³-hybridized carbons (Fsp3) is 0.0769. The molecule has 3 heterocycles. The van der Waals surface area contributed by atoms with Crippen LogP contribution < -0.4 is 0 Å². The number of hydrogen-bond acceptors (Lipinski definition) is 6. The van der Waals surface area contributed by atoms with Crippen molar-refractivity contribution in [3.63, 3.8) is 0 Å². The van der Waals surface area contributed by atoms with Crippen LogP contribution in [0.2, 0.25) is 0 Å². The Hall–Kier alpha value is -1.80. The molecule has 32 heavy (non-hydrogen) atoms. The Balaban J connectivity index is 1.57. The molecule has 4 bridgehead atoms. The van der Waals surface area contributed by atoms with E-state index in [4.69, 9.17) is 0 Å². The molecule has 0 saturated heterocycles. The molecule has 2 nitrogen and oxygen atoms in total. The SMILES string of the molecule is OC1c2cccc3c2Sc2c(cccc2C(O)c2cccc4c2Sc2c(cccc21)S4)S3. The van der Waals surface area contributed by atoms with Gasteiger partial charge in [0, 0.05) is 61.4 Å². The highest BCUT2D eigenvalue weighted by atomic mass is 32.2. The Bertz CT molecular complexity index is 1220. The van der Waals surface area contributed by atoms with Gasteiger partial charge in [-0.25, -0.2) is 0 Å². The standard InChI is InChI=1S/C26H16O2S4/c27-21-13-5-1-9-17-23(13)31-25-15(7-3-10-18(25)29-17)22(28)16-8-4-12-20-26(16)32-24-14(21)6-2-11-19(24)30-20/h1-12,21-22,27-28H. The van der Waals surface area contributed by atoms with Crippen LogP contribution in [0.5, 0.6) is 0 Å². The zero-order valence-corrected chi connectivity index (χ0v) is 19.9. The molecule has 2 N–H and O–H groups in total. The predicted octanol–water partition coefficient (Wildman–Crippen LogP) is 7.40. The highest BCUT2D eigenvalue weighted by molar-refractivity contribution is 8.05. The van der Waals surface area contributed by atoms with E-state index in [0.29, 0.717) is 0 Å². The number of aliphatic hydroxyl groups is 2. The van der Waals surface area contributed by atoms with E-state index in [0.717, 1.165) is 61.4 Å². The second-order valence-corrected chi connectivity index (χ2v) is 12.1. The van der Waals surface area contributed by atoms with Gasteiger partial charge in [-0.05, 0) is 24.3 Å². The summed E-state index contributed by atoms with van der Waals surface area (Å²) in [5, 5.41) is 23.3. The number of aliphatic hydroxyl groups excluding tert-OH is 2. The summed E-state index contributed by atoms with van der Waals surface area (Å²) >= 11 is 6.78. The van der Waals surface area contributed by atoms with Crippen LogP contribution in [-0.4, -0.2) is 10.2 Å². The third-order valence-electron chi connectivity index (χ3n) is 6.06. The largest absolute Gasteiger partial charge is 0.384 e. The topological polar surface area (TPSA) is 40.5 Å². The minimum Gasteiger partial charge on any atom is -0.384 e. The molecule has 3 aliphatic heterocycles. The number of rotatable bonds is 0. The van der Waals surface area contributed by atoms with E-state index in [1.165, 1.54) is 0 Å². The summed E-state index contributed by atoms with van der Waals surface area (Å²) in [6.45, 7) is 0. The molecule has 0 aromatic heterocycles. The minimum absolute atomic E-state index is 0.715. The van der Waals surface area contributed by atoms with Gasteiger partial charge in [0.15, 0.2) is 0 Å². The lowest BCUT2D eigenvalue weighted by Crippen LogP contribution is -2.11. The van der Waals surface area contributed by atoms with Crippen LogP contribution in [-0.2, 0) is 0 Å². The molecule has 4 aromatic rings. The third-order valence-corrected chi connectivity index (χ3v) is 11.5. The first-order valence-electron chi connectivity index (χ1n) is 10.3. The highest BCUT2D eigenvalue weighted by Crippen LogP contribution is 2.57. The molecule has 0 fully saturated rings. The first kappa shape index (κ1) is 19.6. The molecule has 0 radical (unpaired) electrons. The molecule has 0 unspecified atom stereocenters. The molecule has 0 aliphatic carbocycles. The van der Waals surface area contributed by atoms with Crippen LogP contribution in [0.15, 0.2) is 112 Å². The lowest BCUT2D eigenvalue weighted by molar-refractivity contribution is 0.212. The maximum Gasteiger partial charge on any atom is 0.106 e.